The number of hydrogen-bond acceptors (Lipinski definition) is 2. The Kier molecular flexibility index (Phi) is 4.43. The van der Waals surface area contributed by atoms with Crippen LogP contribution in [0.1, 0.15) is 33.1 Å². The first-order valence-electron chi connectivity index (χ1n) is 8.92. The van der Waals surface area contributed by atoms with Crippen molar-refractivity contribution in [3.8, 4) is 0 Å². The van der Waals surface area contributed by atoms with Crippen molar-refractivity contribution in [1.29, 1.82) is 0 Å². The summed E-state index contributed by atoms with van der Waals surface area (Å²) in [6, 6.07) is 24.9. The molecule has 1 heterocycles. The molecule has 3 heteroatoms. The summed E-state index contributed by atoms with van der Waals surface area (Å²) < 4.78 is 0. The summed E-state index contributed by atoms with van der Waals surface area (Å²) in [4.78, 5) is 27.0. The normalized spacial score (nSPS) is 14.6. The van der Waals surface area contributed by atoms with E-state index < -0.39 is 11.7 Å². The molecule has 0 aliphatic carbocycles. The minimum Gasteiger partial charge on any atom is -0.294 e. The van der Waals surface area contributed by atoms with E-state index in [9.17, 15) is 9.59 Å². The number of amides is 1. The number of ketones is 1. The van der Waals surface area contributed by atoms with Gasteiger partial charge < -0.3 is 0 Å². The van der Waals surface area contributed by atoms with Crippen LogP contribution in [0.15, 0.2) is 84.9 Å². The fourth-order valence-corrected chi connectivity index (χ4v) is 3.41. The molecule has 27 heavy (non-hydrogen) atoms. The van der Waals surface area contributed by atoms with Gasteiger partial charge in [-0.1, -0.05) is 84.4 Å². The van der Waals surface area contributed by atoms with Crippen molar-refractivity contribution in [1.82, 2.24) is 0 Å². The zero-order valence-corrected chi connectivity index (χ0v) is 15.0. The number of aryl methyl sites for hydroxylation is 1. The number of carbonyl (C=O) groups excluding carboxylic acids is 2. The number of rotatable bonds is 4. The van der Waals surface area contributed by atoms with Gasteiger partial charge in [-0.3, -0.25) is 14.5 Å². The van der Waals surface area contributed by atoms with E-state index in [1.54, 1.807) is 11.0 Å². The minimum atomic E-state index is -0.484. The van der Waals surface area contributed by atoms with Crippen molar-refractivity contribution in [2.45, 2.75) is 13.0 Å². The fourth-order valence-electron chi connectivity index (χ4n) is 3.41. The molecule has 4 rings (SSSR count). The van der Waals surface area contributed by atoms with Crippen LogP contribution in [0, 0.1) is 6.92 Å². The second kappa shape index (κ2) is 7.04. The van der Waals surface area contributed by atoms with E-state index in [-0.39, 0.29) is 6.04 Å². The molecular formula is C24H19NO2. The van der Waals surface area contributed by atoms with Crippen LogP contribution in [0.4, 0.5) is 5.69 Å². The highest BCUT2D eigenvalue weighted by atomic mass is 16.2. The lowest BCUT2D eigenvalue weighted by molar-refractivity contribution is -0.114. The maximum Gasteiger partial charge on any atom is 0.300 e. The molecule has 1 atom stereocenters. The molecule has 0 aromatic heterocycles. The van der Waals surface area contributed by atoms with Gasteiger partial charge in [-0.25, -0.2) is 0 Å². The molecule has 0 bridgehead atoms. The molecular weight excluding hydrogens is 334 g/mol. The second-order valence-corrected chi connectivity index (χ2v) is 6.65. The smallest absolute Gasteiger partial charge is 0.294 e. The number of Topliss-reactive ketones (excluding diaryl/α,β-unsaturated/α-hetero) is 1. The van der Waals surface area contributed by atoms with Crippen molar-refractivity contribution < 1.29 is 9.59 Å². The van der Waals surface area contributed by atoms with E-state index in [1.807, 2.05) is 91.9 Å². The third-order valence-corrected chi connectivity index (χ3v) is 4.76. The molecule has 0 saturated carbocycles. The molecule has 0 radical (unpaired) electrons. The molecule has 0 unspecified atom stereocenters. The van der Waals surface area contributed by atoms with Crippen LogP contribution in [0.2, 0.25) is 0 Å². The summed E-state index contributed by atoms with van der Waals surface area (Å²) in [6.07, 6.45) is 3.96. The van der Waals surface area contributed by atoms with Crippen molar-refractivity contribution in [2.24, 2.45) is 0 Å². The van der Waals surface area contributed by atoms with Crippen LogP contribution in [-0.4, -0.2) is 11.7 Å². The van der Waals surface area contributed by atoms with Crippen molar-refractivity contribution in [2.75, 3.05) is 4.90 Å². The van der Waals surface area contributed by atoms with E-state index in [0.29, 0.717) is 11.3 Å². The molecule has 3 aromatic carbocycles. The van der Waals surface area contributed by atoms with E-state index in [0.717, 1.165) is 16.7 Å². The third-order valence-electron chi connectivity index (χ3n) is 4.76. The fraction of sp³-hybridized carbons (Fsp3) is 0.0833. The lowest BCUT2D eigenvalue weighted by Crippen LogP contribution is -2.33. The van der Waals surface area contributed by atoms with Gasteiger partial charge in [0.1, 0.15) is 0 Å². The highest BCUT2D eigenvalue weighted by Crippen LogP contribution is 2.37. The van der Waals surface area contributed by atoms with Gasteiger partial charge in [-0.15, -0.1) is 0 Å². The maximum atomic E-state index is 12.8. The molecule has 0 fully saturated rings. The lowest BCUT2D eigenvalue weighted by atomic mass is 10.0. The molecule has 1 amide bonds. The topological polar surface area (TPSA) is 37.4 Å². The predicted molar refractivity (Wildman–Crippen MR) is 108 cm³/mol. The molecule has 3 aromatic rings. The molecule has 132 valence electrons. The van der Waals surface area contributed by atoms with Gasteiger partial charge >= 0.3 is 0 Å². The van der Waals surface area contributed by atoms with Gasteiger partial charge in [0.15, 0.2) is 0 Å². The Balaban J connectivity index is 1.81. The van der Waals surface area contributed by atoms with Crippen LogP contribution in [0.5, 0.6) is 0 Å². The molecule has 3 nitrogen and oxygen atoms in total. The van der Waals surface area contributed by atoms with Gasteiger partial charge in [0, 0.05) is 0 Å². The van der Waals surface area contributed by atoms with Gasteiger partial charge in [0.2, 0.25) is 0 Å². The van der Waals surface area contributed by atoms with Crippen LogP contribution < -0.4 is 4.90 Å². The summed E-state index contributed by atoms with van der Waals surface area (Å²) in [5.41, 5.74) is 4.11. The van der Waals surface area contributed by atoms with Crippen LogP contribution >= 0.6 is 0 Å². The van der Waals surface area contributed by atoms with Crippen LogP contribution in [-0.2, 0) is 4.79 Å². The predicted octanol–water partition coefficient (Wildman–Crippen LogP) is 4.98. The summed E-state index contributed by atoms with van der Waals surface area (Å²) in [5.74, 6) is -0.926. The highest BCUT2D eigenvalue weighted by Gasteiger charge is 2.39. The monoisotopic (exact) mass is 353 g/mol. The lowest BCUT2D eigenvalue weighted by Gasteiger charge is -2.26. The standard InChI is InChI=1S/C24H19NO2/c1-17-12-14-22-20(16-17)23(26)24(27)25(22)21(19-10-6-3-7-11-19)15-13-18-8-4-2-5-9-18/h2-16,21H,1H3/b15-13+/t21-/m0/s1. The van der Waals surface area contributed by atoms with Gasteiger partial charge in [-0.2, -0.15) is 0 Å². The molecule has 0 spiro atoms. The number of carbonyl (C=O) groups is 2. The van der Waals surface area contributed by atoms with Gasteiger partial charge in [-0.05, 0) is 30.2 Å². The zero-order chi connectivity index (χ0) is 18.8. The van der Waals surface area contributed by atoms with Gasteiger partial charge in [0.05, 0.1) is 17.3 Å². The zero-order valence-electron chi connectivity index (χ0n) is 15.0. The largest absolute Gasteiger partial charge is 0.300 e. The first-order valence-corrected chi connectivity index (χ1v) is 8.92. The Labute approximate surface area is 158 Å². The Morgan fingerprint density at radius 3 is 2.22 bits per heavy atom. The second-order valence-electron chi connectivity index (χ2n) is 6.65. The van der Waals surface area contributed by atoms with Crippen molar-refractivity contribution >= 4 is 23.5 Å². The first kappa shape index (κ1) is 17.0. The number of fused-ring (bicyclic) bond motifs is 1. The Bertz CT molecular complexity index is 1020. The maximum absolute atomic E-state index is 12.8. The Morgan fingerprint density at radius 2 is 1.52 bits per heavy atom. The molecule has 0 saturated heterocycles. The van der Waals surface area contributed by atoms with E-state index >= 15 is 0 Å². The number of anilines is 1. The third kappa shape index (κ3) is 3.20. The average Bonchev–Trinajstić information content (AvgIpc) is 2.95. The molecule has 0 N–H and O–H groups in total. The molecule has 1 aliphatic heterocycles. The molecule has 1 aliphatic rings. The minimum absolute atomic E-state index is 0.355. The Morgan fingerprint density at radius 1 is 0.852 bits per heavy atom. The van der Waals surface area contributed by atoms with Crippen molar-refractivity contribution in [3.63, 3.8) is 0 Å². The SMILES string of the molecule is Cc1ccc2c(c1)C(=O)C(=O)N2[C@@H](/C=C/c1ccccc1)c1ccccc1. The average molecular weight is 353 g/mol. The summed E-state index contributed by atoms with van der Waals surface area (Å²) in [7, 11) is 0. The number of benzene rings is 3. The van der Waals surface area contributed by atoms with E-state index in [4.69, 9.17) is 0 Å². The van der Waals surface area contributed by atoms with E-state index in [1.165, 1.54) is 0 Å². The Hall–Kier alpha value is -3.46. The number of hydrogen-bond donors (Lipinski definition) is 0. The number of nitrogens with zero attached hydrogens (tertiary/aromatic N) is 1. The first-order chi connectivity index (χ1) is 13.1. The van der Waals surface area contributed by atoms with Crippen LogP contribution in [0.3, 0.4) is 0 Å². The summed E-state index contributed by atoms with van der Waals surface area (Å²) in [5, 5.41) is 0. The summed E-state index contributed by atoms with van der Waals surface area (Å²) in [6.45, 7) is 1.92. The van der Waals surface area contributed by atoms with Crippen molar-refractivity contribution in [3.05, 3.63) is 107 Å². The summed E-state index contributed by atoms with van der Waals surface area (Å²) >= 11 is 0. The van der Waals surface area contributed by atoms with E-state index in [2.05, 4.69) is 0 Å². The van der Waals surface area contributed by atoms with Crippen LogP contribution in [0.25, 0.3) is 6.08 Å². The highest BCUT2D eigenvalue weighted by molar-refractivity contribution is 6.52. The van der Waals surface area contributed by atoms with Gasteiger partial charge in [0.25, 0.3) is 11.7 Å². The quantitative estimate of drug-likeness (QED) is 0.621.